The van der Waals surface area contributed by atoms with Crippen molar-refractivity contribution in [3.05, 3.63) is 29.6 Å². The summed E-state index contributed by atoms with van der Waals surface area (Å²) in [6.45, 7) is 2.38. The molecule has 100 valence electrons. The number of nitrogens with one attached hydrogen (secondary N) is 2. The maximum absolute atomic E-state index is 11.4. The van der Waals surface area contributed by atoms with E-state index < -0.39 is 5.97 Å². The standard InChI is InChI=1S/C13H15N3O3/c1-2-3-4-6-15-13(19)16-9-11-8-10(12(17)18)5-7-14-11/h5,7-8H,4,6,9H2,1H3,(H,17,18)(H2,15,16,19). The van der Waals surface area contributed by atoms with Crippen LogP contribution in [0.4, 0.5) is 4.79 Å². The van der Waals surface area contributed by atoms with Gasteiger partial charge in [-0.15, -0.1) is 11.8 Å². The summed E-state index contributed by atoms with van der Waals surface area (Å²) < 4.78 is 0. The van der Waals surface area contributed by atoms with Gasteiger partial charge in [-0.05, 0) is 19.1 Å². The molecular formula is C13H15N3O3. The normalized spacial score (nSPS) is 9.11. The first-order chi connectivity index (χ1) is 9.13. The van der Waals surface area contributed by atoms with E-state index in [4.69, 9.17) is 5.11 Å². The number of pyridine rings is 1. The predicted octanol–water partition coefficient (Wildman–Crippen LogP) is 0.992. The van der Waals surface area contributed by atoms with Crippen LogP contribution in [0.15, 0.2) is 18.3 Å². The first-order valence-corrected chi connectivity index (χ1v) is 5.73. The number of amides is 2. The summed E-state index contributed by atoms with van der Waals surface area (Å²) in [7, 11) is 0. The van der Waals surface area contributed by atoms with Gasteiger partial charge in [0, 0.05) is 19.2 Å². The number of carbonyl (C=O) groups excluding carboxylic acids is 1. The van der Waals surface area contributed by atoms with E-state index in [1.165, 1.54) is 18.3 Å². The molecule has 1 aromatic rings. The van der Waals surface area contributed by atoms with Crippen LogP contribution >= 0.6 is 0 Å². The van der Waals surface area contributed by atoms with Crippen molar-refractivity contribution in [3.8, 4) is 11.8 Å². The smallest absolute Gasteiger partial charge is 0.335 e. The lowest BCUT2D eigenvalue weighted by atomic mass is 10.2. The molecule has 0 atom stereocenters. The zero-order chi connectivity index (χ0) is 14.1. The minimum absolute atomic E-state index is 0.144. The molecular weight excluding hydrogens is 246 g/mol. The van der Waals surface area contributed by atoms with Crippen LogP contribution in [0.2, 0.25) is 0 Å². The molecule has 6 nitrogen and oxygen atoms in total. The fourth-order valence-electron chi connectivity index (χ4n) is 1.30. The molecule has 3 N–H and O–H groups in total. The number of hydrogen-bond acceptors (Lipinski definition) is 3. The summed E-state index contributed by atoms with van der Waals surface area (Å²) in [5.74, 6) is 4.53. The lowest BCUT2D eigenvalue weighted by Crippen LogP contribution is -2.35. The van der Waals surface area contributed by atoms with E-state index in [2.05, 4.69) is 27.5 Å². The second kappa shape index (κ2) is 7.71. The molecule has 0 aliphatic rings. The van der Waals surface area contributed by atoms with E-state index in [9.17, 15) is 9.59 Å². The first kappa shape index (κ1) is 14.5. The van der Waals surface area contributed by atoms with Gasteiger partial charge in [0.1, 0.15) is 0 Å². The second-order valence-corrected chi connectivity index (χ2v) is 3.63. The van der Waals surface area contributed by atoms with E-state index in [0.29, 0.717) is 18.7 Å². The molecule has 0 fully saturated rings. The number of hydrogen-bond donors (Lipinski definition) is 3. The Morgan fingerprint density at radius 3 is 2.89 bits per heavy atom. The third-order valence-electron chi connectivity index (χ3n) is 2.21. The average Bonchev–Trinajstić information content (AvgIpc) is 2.41. The number of nitrogens with zero attached hydrogens (tertiary/aromatic N) is 1. The summed E-state index contributed by atoms with van der Waals surface area (Å²) in [5.41, 5.74) is 0.633. The molecule has 0 aromatic carbocycles. The number of carbonyl (C=O) groups is 2. The Labute approximate surface area is 111 Å². The highest BCUT2D eigenvalue weighted by Gasteiger charge is 2.05. The molecule has 0 radical (unpaired) electrons. The fourth-order valence-corrected chi connectivity index (χ4v) is 1.30. The Balaban J connectivity index is 2.39. The van der Waals surface area contributed by atoms with Crippen molar-refractivity contribution in [2.75, 3.05) is 6.54 Å². The Morgan fingerprint density at radius 1 is 1.42 bits per heavy atom. The number of carboxylic acids is 1. The zero-order valence-corrected chi connectivity index (χ0v) is 10.6. The van der Waals surface area contributed by atoms with Crippen molar-refractivity contribution in [1.29, 1.82) is 0 Å². The lowest BCUT2D eigenvalue weighted by Gasteiger charge is -2.06. The van der Waals surface area contributed by atoms with Crippen LogP contribution in [0, 0.1) is 11.8 Å². The molecule has 2 amide bonds. The van der Waals surface area contributed by atoms with Gasteiger partial charge in [0.2, 0.25) is 0 Å². The van der Waals surface area contributed by atoms with Gasteiger partial charge < -0.3 is 15.7 Å². The van der Waals surface area contributed by atoms with Crippen molar-refractivity contribution in [2.45, 2.75) is 19.9 Å². The van der Waals surface area contributed by atoms with E-state index in [0.717, 1.165) is 0 Å². The highest BCUT2D eigenvalue weighted by atomic mass is 16.4. The topological polar surface area (TPSA) is 91.3 Å². The van der Waals surface area contributed by atoms with Crippen molar-refractivity contribution in [1.82, 2.24) is 15.6 Å². The SMILES string of the molecule is CC#CCCNC(=O)NCc1cc(C(=O)O)ccn1. The van der Waals surface area contributed by atoms with E-state index in [1.54, 1.807) is 6.92 Å². The number of urea groups is 1. The molecule has 19 heavy (non-hydrogen) atoms. The number of carboxylic acid groups (broad SMARTS) is 1. The van der Waals surface area contributed by atoms with Crippen molar-refractivity contribution in [2.24, 2.45) is 0 Å². The maximum Gasteiger partial charge on any atom is 0.335 e. The highest BCUT2D eigenvalue weighted by Crippen LogP contribution is 2.01. The highest BCUT2D eigenvalue weighted by molar-refractivity contribution is 5.87. The fraction of sp³-hybridized carbons (Fsp3) is 0.308. The summed E-state index contributed by atoms with van der Waals surface area (Å²) in [4.78, 5) is 26.1. The van der Waals surface area contributed by atoms with Crippen molar-refractivity contribution < 1.29 is 14.7 Å². The largest absolute Gasteiger partial charge is 0.478 e. The quantitative estimate of drug-likeness (QED) is 0.544. The van der Waals surface area contributed by atoms with Crippen molar-refractivity contribution >= 4 is 12.0 Å². The van der Waals surface area contributed by atoms with Gasteiger partial charge in [0.05, 0.1) is 17.8 Å². The summed E-state index contributed by atoms with van der Waals surface area (Å²) in [5, 5.41) is 14.0. The number of aromatic nitrogens is 1. The number of rotatable bonds is 5. The Bertz CT molecular complexity index is 517. The van der Waals surface area contributed by atoms with Crippen LogP contribution in [0.1, 0.15) is 29.4 Å². The molecule has 1 rings (SSSR count). The number of aromatic carboxylic acids is 1. The van der Waals surface area contributed by atoms with Gasteiger partial charge >= 0.3 is 12.0 Å². The molecule has 6 heteroatoms. The van der Waals surface area contributed by atoms with Crippen LogP contribution < -0.4 is 10.6 Å². The molecule has 0 unspecified atom stereocenters. The van der Waals surface area contributed by atoms with Gasteiger partial charge in [0.25, 0.3) is 0 Å². The van der Waals surface area contributed by atoms with Gasteiger partial charge in [0.15, 0.2) is 0 Å². The summed E-state index contributed by atoms with van der Waals surface area (Å²) >= 11 is 0. The molecule has 0 bridgehead atoms. The zero-order valence-electron chi connectivity index (χ0n) is 10.6. The van der Waals surface area contributed by atoms with Gasteiger partial charge in [-0.3, -0.25) is 4.98 Å². The van der Waals surface area contributed by atoms with Crippen LogP contribution in [-0.4, -0.2) is 28.6 Å². The third-order valence-corrected chi connectivity index (χ3v) is 2.21. The van der Waals surface area contributed by atoms with Crippen LogP contribution in [-0.2, 0) is 6.54 Å². The van der Waals surface area contributed by atoms with Crippen LogP contribution in [0.25, 0.3) is 0 Å². The van der Waals surface area contributed by atoms with E-state index >= 15 is 0 Å². The molecule has 1 aromatic heterocycles. The minimum atomic E-state index is -1.02. The van der Waals surface area contributed by atoms with E-state index in [1.807, 2.05) is 0 Å². The minimum Gasteiger partial charge on any atom is -0.478 e. The molecule has 0 aliphatic heterocycles. The molecule has 0 saturated carbocycles. The average molecular weight is 261 g/mol. The predicted molar refractivity (Wildman–Crippen MR) is 69.5 cm³/mol. The van der Waals surface area contributed by atoms with Gasteiger partial charge in [-0.1, -0.05) is 0 Å². The first-order valence-electron chi connectivity index (χ1n) is 5.73. The summed E-state index contributed by atoms with van der Waals surface area (Å²) in [6, 6.07) is 2.49. The van der Waals surface area contributed by atoms with Gasteiger partial charge in [-0.2, -0.15) is 0 Å². The van der Waals surface area contributed by atoms with Crippen LogP contribution in [0.3, 0.4) is 0 Å². The molecule has 1 heterocycles. The van der Waals surface area contributed by atoms with Crippen molar-refractivity contribution in [3.63, 3.8) is 0 Å². The van der Waals surface area contributed by atoms with Gasteiger partial charge in [-0.25, -0.2) is 9.59 Å². The molecule has 0 saturated heterocycles. The van der Waals surface area contributed by atoms with Crippen LogP contribution in [0.5, 0.6) is 0 Å². The maximum atomic E-state index is 11.4. The Hall–Kier alpha value is -2.55. The molecule has 0 aliphatic carbocycles. The second-order valence-electron chi connectivity index (χ2n) is 3.63. The lowest BCUT2D eigenvalue weighted by molar-refractivity contribution is 0.0696. The Kier molecular flexibility index (Phi) is 5.89. The monoisotopic (exact) mass is 261 g/mol. The summed E-state index contributed by atoms with van der Waals surface area (Å²) in [6.07, 6.45) is 1.99. The van der Waals surface area contributed by atoms with E-state index in [-0.39, 0.29) is 18.1 Å². The third kappa shape index (κ3) is 5.55. The Morgan fingerprint density at radius 2 is 2.21 bits per heavy atom. The molecule has 0 spiro atoms.